The van der Waals surface area contributed by atoms with Crippen molar-refractivity contribution in [3.8, 4) is 0 Å². The third kappa shape index (κ3) is 7.65. The second-order valence-electron chi connectivity index (χ2n) is 7.33. The third-order valence-electron chi connectivity index (χ3n) is 5.00. The molecule has 0 radical (unpaired) electrons. The van der Waals surface area contributed by atoms with E-state index in [1.54, 1.807) is 6.07 Å². The van der Waals surface area contributed by atoms with Gasteiger partial charge in [-0.1, -0.05) is 55.8 Å². The number of carbonyl (C=O) groups is 1. The number of hydrogen-bond donors (Lipinski definition) is 2. The van der Waals surface area contributed by atoms with Gasteiger partial charge in [-0.05, 0) is 62.2 Å². The summed E-state index contributed by atoms with van der Waals surface area (Å²) in [5.41, 5.74) is 3.68. The number of carbonyl (C=O) groups excluding carboxylic acids is 1. The molecule has 1 amide bonds. The van der Waals surface area contributed by atoms with Crippen LogP contribution in [-0.2, 0) is 17.6 Å². The van der Waals surface area contributed by atoms with Crippen LogP contribution in [0.15, 0.2) is 54.6 Å². The average Bonchev–Trinajstić information content (AvgIpc) is 2.74. The van der Waals surface area contributed by atoms with E-state index in [4.69, 9.17) is 16.6 Å². The lowest BCUT2D eigenvalue weighted by Crippen LogP contribution is -2.22. The van der Waals surface area contributed by atoms with Gasteiger partial charge in [0, 0.05) is 17.0 Å². The Morgan fingerprint density at radius 3 is 2.52 bits per heavy atom. The number of halogens is 3. The van der Waals surface area contributed by atoms with Crippen molar-refractivity contribution in [3.05, 3.63) is 70.9 Å². The molecule has 31 heavy (non-hydrogen) atoms. The highest BCUT2D eigenvalue weighted by atomic mass is 35.5. The van der Waals surface area contributed by atoms with Gasteiger partial charge in [0.15, 0.2) is 0 Å². The second-order valence-corrected chi connectivity index (χ2v) is 7.74. The number of aryl methyl sites for hydroxylation is 1. The summed E-state index contributed by atoms with van der Waals surface area (Å²) < 4.78 is 0. The van der Waals surface area contributed by atoms with E-state index in [0.717, 1.165) is 48.1 Å². The largest absolute Gasteiger partial charge is 0.324 e. The molecule has 0 fully saturated rings. The molecule has 0 bridgehead atoms. The van der Waals surface area contributed by atoms with Crippen molar-refractivity contribution in [2.24, 2.45) is 5.92 Å². The second kappa shape index (κ2) is 13.5. The van der Waals surface area contributed by atoms with Crippen LogP contribution >= 0.6 is 36.4 Å². The predicted octanol–water partition coefficient (Wildman–Crippen LogP) is 6.09. The molecule has 1 heterocycles. The summed E-state index contributed by atoms with van der Waals surface area (Å²) in [4.78, 5) is 17.5. The van der Waals surface area contributed by atoms with E-state index in [2.05, 4.69) is 17.6 Å². The molecule has 2 N–H and O–H groups in total. The number of nitrogens with one attached hydrogen (secondary N) is 2. The van der Waals surface area contributed by atoms with Gasteiger partial charge < -0.3 is 10.6 Å². The van der Waals surface area contributed by atoms with Gasteiger partial charge in [0.2, 0.25) is 5.91 Å². The van der Waals surface area contributed by atoms with Crippen LogP contribution in [0.3, 0.4) is 0 Å². The number of rotatable bonds is 9. The van der Waals surface area contributed by atoms with E-state index in [1.165, 1.54) is 0 Å². The number of pyridine rings is 1. The van der Waals surface area contributed by atoms with Gasteiger partial charge in [-0.3, -0.25) is 9.78 Å². The number of hydrogen-bond acceptors (Lipinski definition) is 3. The lowest BCUT2D eigenvalue weighted by atomic mass is 10.00. The van der Waals surface area contributed by atoms with E-state index < -0.39 is 0 Å². The molecule has 0 aliphatic heterocycles. The van der Waals surface area contributed by atoms with Gasteiger partial charge >= 0.3 is 0 Å². The molecule has 0 unspecified atom stereocenters. The van der Waals surface area contributed by atoms with Crippen molar-refractivity contribution in [1.82, 2.24) is 10.3 Å². The average molecular weight is 483 g/mol. The number of nitrogens with zero attached hydrogens (tertiary/aromatic N) is 1. The van der Waals surface area contributed by atoms with Crippen LogP contribution in [0.25, 0.3) is 10.9 Å². The smallest absolute Gasteiger partial charge is 0.227 e. The Hall–Kier alpha value is -1.85. The van der Waals surface area contributed by atoms with Crippen molar-refractivity contribution >= 4 is 58.9 Å². The number of amides is 1. The van der Waals surface area contributed by atoms with Crippen LogP contribution in [0.5, 0.6) is 0 Å². The number of benzene rings is 2. The quantitative estimate of drug-likeness (QED) is 0.363. The Morgan fingerprint density at radius 1 is 1.06 bits per heavy atom. The Balaban J connectivity index is 0.00000240. The maximum absolute atomic E-state index is 12.8. The highest BCUT2D eigenvalue weighted by Gasteiger charge is 2.17. The van der Waals surface area contributed by atoms with Crippen LogP contribution in [0, 0.1) is 5.92 Å². The Morgan fingerprint density at radius 2 is 1.81 bits per heavy atom. The molecule has 0 saturated heterocycles. The van der Waals surface area contributed by atoms with E-state index in [1.807, 2.05) is 55.5 Å². The van der Waals surface area contributed by atoms with Crippen LogP contribution in [0.2, 0.25) is 5.02 Å². The normalized spacial score (nSPS) is 11.3. The Labute approximate surface area is 202 Å². The molecule has 0 aliphatic rings. The van der Waals surface area contributed by atoms with E-state index in [9.17, 15) is 4.79 Å². The van der Waals surface area contributed by atoms with Crippen molar-refractivity contribution < 1.29 is 4.79 Å². The first-order chi connectivity index (χ1) is 14.1. The number of aromatic nitrogens is 1. The lowest BCUT2D eigenvalue weighted by Gasteiger charge is -2.15. The zero-order valence-corrected chi connectivity index (χ0v) is 20.2. The van der Waals surface area contributed by atoms with Crippen molar-refractivity contribution in [2.45, 2.75) is 33.1 Å². The number of fused-ring (bicyclic) bond motifs is 1. The van der Waals surface area contributed by atoms with Crippen molar-refractivity contribution in [1.29, 1.82) is 0 Å². The molecular formula is C24H30Cl3N3O. The molecule has 1 atom stereocenters. The minimum Gasteiger partial charge on any atom is -0.324 e. The Kier molecular flexibility index (Phi) is 11.9. The van der Waals surface area contributed by atoms with Crippen molar-refractivity contribution in [3.63, 3.8) is 0 Å². The maximum atomic E-state index is 12.8. The molecule has 0 spiro atoms. The minimum atomic E-state index is -0.165. The molecule has 168 valence electrons. The fourth-order valence-corrected chi connectivity index (χ4v) is 3.58. The minimum absolute atomic E-state index is 0. The van der Waals surface area contributed by atoms with E-state index in [0.29, 0.717) is 17.1 Å². The highest BCUT2D eigenvalue weighted by Crippen LogP contribution is 2.31. The zero-order chi connectivity index (χ0) is 20.6. The van der Waals surface area contributed by atoms with Gasteiger partial charge in [0.05, 0.1) is 16.2 Å². The molecule has 7 heteroatoms. The van der Waals surface area contributed by atoms with Gasteiger partial charge in [0.1, 0.15) is 0 Å². The van der Waals surface area contributed by atoms with Gasteiger partial charge in [-0.2, -0.15) is 0 Å². The molecule has 3 rings (SSSR count). The molecule has 4 nitrogen and oxygen atoms in total. The monoisotopic (exact) mass is 481 g/mol. The molecule has 1 aromatic heterocycles. The summed E-state index contributed by atoms with van der Waals surface area (Å²) in [6.07, 6.45) is 2.64. The first kappa shape index (κ1) is 27.2. The predicted molar refractivity (Wildman–Crippen MR) is 136 cm³/mol. The zero-order valence-electron chi connectivity index (χ0n) is 17.9. The fraction of sp³-hybridized carbons (Fsp3) is 0.333. The number of anilines is 1. The first-order valence-corrected chi connectivity index (χ1v) is 10.6. The van der Waals surface area contributed by atoms with Crippen LogP contribution < -0.4 is 10.6 Å². The highest BCUT2D eigenvalue weighted by molar-refractivity contribution is 6.35. The Bertz CT molecular complexity index is 967. The molecule has 0 saturated carbocycles. The van der Waals surface area contributed by atoms with Gasteiger partial charge in [-0.15, -0.1) is 24.8 Å². The van der Waals surface area contributed by atoms with Crippen LogP contribution in [-0.4, -0.2) is 24.0 Å². The van der Waals surface area contributed by atoms with Crippen LogP contribution in [0.1, 0.15) is 31.5 Å². The third-order valence-corrected chi connectivity index (χ3v) is 5.31. The standard InChI is InChI=1S/C24H28ClN3O.2ClH/c1-3-26-15-7-10-19-11-12-20-22(27-19)14-13-21(25)23(20)28-24(29)17(2)16-18-8-5-4-6-9-18;;/h4-6,8-9,11-14,17,26H,3,7,10,15-16H2,1-2H3,(H,28,29);2*1H/t17-;;/m1../s1. The summed E-state index contributed by atoms with van der Waals surface area (Å²) >= 11 is 6.42. The summed E-state index contributed by atoms with van der Waals surface area (Å²) in [5, 5.41) is 7.76. The van der Waals surface area contributed by atoms with E-state index >= 15 is 0 Å². The summed E-state index contributed by atoms with van der Waals surface area (Å²) in [5.74, 6) is -0.208. The first-order valence-electron chi connectivity index (χ1n) is 10.2. The summed E-state index contributed by atoms with van der Waals surface area (Å²) in [6, 6.07) is 17.8. The van der Waals surface area contributed by atoms with Crippen LogP contribution in [0.4, 0.5) is 5.69 Å². The van der Waals surface area contributed by atoms with Gasteiger partial charge in [0.25, 0.3) is 0 Å². The molecule has 3 aromatic rings. The van der Waals surface area contributed by atoms with E-state index in [-0.39, 0.29) is 36.6 Å². The molecule has 0 aliphatic carbocycles. The molecule has 2 aromatic carbocycles. The summed E-state index contributed by atoms with van der Waals surface area (Å²) in [6.45, 7) is 6.00. The fourth-order valence-electron chi connectivity index (χ4n) is 3.36. The lowest BCUT2D eigenvalue weighted by molar-refractivity contribution is -0.119. The summed E-state index contributed by atoms with van der Waals surface area (Å²) in [7, 11) is 0. The SMILES string of the molecule is CCNCCCc1ccc2c(NC(=O)[C@H](C)Cc3ccccc3)c(Cl)ccc2n1.Cl.Cl. The van der Waals surface area contributed by atoms with Gasteiger partial charge in [-0.25, -0.2) is 0 Å². The topological polar surface area (TPSA) is 54.0 Å². The molecular weight excluding hydrogens is 453 g/mol. The maximum Gasteiger partial charge on any atom is 0.227 e. The van der Waals surface area contributed by atoms with Crippen molar-refractivity contribution in [2.75, 3.05) is 18.4 Å².